The summed E-state index contributed by atoms with van der Waals surface area (Å²) < 4.78 is 1.81. The van der Waals surface area contributed by atoms with Gasteiger partial charge < -0.3 is 10.3 Å². The number of rotatable bonds is 6. The number of hydrogen-bond acceptors (Lipinski definition) is 3. The zero-order chi connectivity index (χ0) is 15.2. The lowest BCUT2D eigenvalue weighted by Gasteiger charge is -2.20. The van der Waals surface area contributed by atoms with Crippen molar-refractivity contribution in [3.05, 3.63) is 42.2 Å². The van der Waals surface area contributed by atoms with Crippen LogP contribution in [0.5, 0.6) is 0 Å². The van der Waals surface area contributed by atoms with Crippen molar-refractivity contribution in [3.8, 4) is 11.4 Å². The highest BCUT2D eigenvalue weighted by molar-refractivity contribution is 5.79. The van der Waals surface area contributed by atoms with Gasteiger partial charge in [0, 0.05) is 31.0 Å². The van der Waals surface area contributed by atoms with E-state index >= 15 is 0 Å². The molecule has 21 heavy (non-hydrogen) atoms. The topological polar surface area (TPSA) is 50.2 Å². The second-order valence-electron chi connectivity index (χ2n) is 4.84. The molecule has 1 amide bonds. The minimum Gasteiger partial charge on any atom is -0.342 e. The molecule has 5 heteroatoms. The van der Waals surface area contributed by atoms with Crippen LogP contribution in [0.25, 0.3) is 11.4 Å². The lowest BCUT2D eigenvalue weighted by molar-refractivity contribution is -0.129. The van der Waals surface area contributed by atoms with Crippen molar-refractivity contribution in [2.75, 3.05) is 25.1 Å². The molecule has 2 aromatic rings. The quantitative estimate of drug-likeness (QED) is 0.886. The Hall–Kier alpha value is -2.30. The summed E-state index contributed by atoms with van der Waals surface area (Å²) in [5, 5.41) is 0. The molecule has 0 saturated carbocycles. The number of nitrogens with one attached hydrogen (secondary N) is 1. The maximum atomic E-state index is 12.0. The predicted octanol–water partition coefficient (Wildman–Crippen LogP) is 2.27. The first-order valence-electron chi connectivity index (χ1n) is 7.28. The number of carbonyl (C=O) groups is 1. The van der Waals surface area contributed by atoms with Crippen LogP contribution in [0.1, 0.15) is 19.4 Å². The van der Waals surface area contributed by atoms with Crippen molar-refractivity contribution >= 4 is 5.91 Å². The summed E-state index contributed by atoms with van der Waals surface area (Å²) in [6, 6.07) is 8.07. The molecule has 2 rings (SSSR count). The van der Waals surface area contributed by atoms with Gasteiger partial charge in [0.2, 0.25) is 5.91 Å². The Morgan fingerprint density at radius 3 is 2.67 bits per heavy atom. The van der Waals surface area contributed by atoms with Crippen molar-refractivity contribution < 1.29 is 4.79 Å². The first kappa shape index (κ1) is 15.1. The van der Waals surface area contributed by atoms with Crippen molar-refractivity contribution in [1.29, 1.82) is 0 Å². The molecular weight excluding hydrogens is 264 g/mol. The van der Waals surface area contributed by atoms with Gasteiger partial charge in [-0.15, -0.1) is 0 Å². The number of imidazole rings is 1. The molecular formula is C16H22N4O. The van der Waals surface area contributed by atoms with E-state index in [9.17, 15) is 4.79 Å². The monoisotopic (exact) mass is 286 g/mol. The summed E-state index contributed by atoms with van der Waals surface area (Å²) >= 11 is 0. The molecule has 0 aliphatic rings. The maximum absolute atomic E-state index is 12.0. The Bertz CT molecular complexity index is 602. The van der Waals surface area contributed by atoms with Gasteiger partial charge in [0.15, 0.2) is 5.82 Å². The average molecular weight is 286 g/mol. The summed E-state index contributed by atoms with van der Waals surface area (Å²) in [6.07, 6.45) is 3.56. The van der Waals surface area contributed by atoms with Crippen LogP contribution in [0.3, 0.4) is 0 Å². The van der Waals surface area contributed by atoms with Gasteiger partial charge in [-0.3, -0.25) is 4.79 Å². The third-order valence-corrected chi connectivity index (χ3v) is 3.54. The number of nitrogens with zero attached hydrogens (tertiary/aromatic N) is 3. The van der Waals surface area contributed by atoms with Gasteiger partial charge in [-0.05, 0) is 26.3 Å². The van der Waals surface area contributed by atoms with Crippen LogP contribution in [-0.4, -0.2) is 40.1 Å². The molecule has 0 unspecified atom stereocenters. The number of benzene rings is 1. The molecule has 1 N–H and O–H groups in total. The smallest absolute Gasteiger partial charge is 0.243 e. The minimum absolute atomic E-state index is 0.0874. The normalized spacial score (nSPS) is 10.4. The number of hydrogen-bond donors (Lipinski definition) is 1. The first-order chi connectivity index (χ1) is 10.2. The van der Waals surface area contributed by atoms with Gasteiger partial charge in [-0.2, -0.15) is 0 Å². The van der Waals surface area contributed by atoms with Gasteiger partial charge in [0.1, 0.15) is 6.54 Å². The first-order valence-corrected chi connectivity index (χ1v) is 7.28. The predicted molar refractivity (Wildman–Crippen MR) is 84.6 cm³/mol. The highest BCUT2D eigenvalue weighted by Gasteiger charge is 2.11. The van der Waals surface area contributed by atoms with Crippen molar-refractivity contribution in [2.45, 2.75) is 20.8 Å². The van der Waals surface area contributed by atoms with E-state index in [0.29, 0.717) is 0 Å². The molecule has 0 fully saturated rings. The summed E-state index contributed by atoms with van der Waals surface area (Å²) in [5.41, 5.74) is 5.35. The van der Waals surface area contributed by atoms with E-state index in [1.54, 1.807) is 11.1 Å². The number of likely N-dealkylation sites (N-methyl/N-ethyl adjacent to an activating group) is 1. The number of aromatic nitrogens is 2. The van der Waals surface area contributed by atoms with E-state index < -0.39 is 0 Å². The Kier molecular flexibility index (Phi) is 4.98. The third-order valence-electron chi connectivity index (χ3n) is 3.54. The summed E-state index contributed by atoms with van der Waals surface area (Å²) in [7, 11) is 0. The number of aryl methyl sites for hydroxylation is 1. The van der Waals surface area contributed by atoms with Crippen LogP contribution in [-0.2, 0) is 4.79 Å². The van der Waals surface area contributed by atoms with Gasteiger partial charge in [0.25, 0.3) is 0 Å². The summed E-state index contributed by atoms with van der Waals surface area (Å²) in [5.74, 6) is 0.907. The molecule has 0 bridgehead atoms. The zero-order valence-electron chi connectivity index (χ0n) is 12.8. The van der Waals surface area contributed by atoms with Crippen LogP contribution in [0, 0.1) is 6.92 Å². The van der Waals surface area contributed by atoms with Crippen LogP contribution >= 0.6 is 0 Å². The molecule has 0 saturated heterocycles. The van der Waals surface area contributed by atoms with Crippen molar-refractivity contribution in [2.24, 2.45) is 0 Å². The molecule has 1 aromatic heterocycles. The fraction of sp³-hybridized carbons (Fsp3) is 0.375. The fourth-order valence-corrected chi connectivity index (χ4v) is 2.30. The zero-order valence-corrected chi connectivity index (χ0v) is 12.8. The van der Waals surface area contributed by atoms with Crippen LogP contribution < -0.4 is 5.43 Å². The van der Waals surface area contributed by atoms with Crippen molar-refractivity contribution in [3.63, 3.8) is 0 Å². The molecule has 0 spiro atoms. The van der Waals surface area contributed by atoms with Gasteiger partial charge in [-0.25, -0.2) is 9.66 Å². The second-order valence-corrected chi connectivity index (χ2v) is 4.84. The standard InChI is InChI=1S/C16H22N4O/c1-4-19(5-2)15(21)12-18-20-11-10-17-16(20)14-9-7-6-8-13(14)3/h6-11,18H,4-5,12H2,1-3H3. The second kappa shape index (κ2) is 6.92. The van der Waals surface area contributed by atoms with Crippen LogP contribution in [0.15, 0.2) is 36.7 Å². The third kappa shape index (κ3) is 3.42. The van der Waals surface area contributed by atoms with Crippen molar-refractivity contribution in [1.82, 2.24) is 14.6 Å². The Morgan fingerprint density at radius 1 is 1.29 bits per heavy atom. The molecule has 1 aromatic carbocycles. The Labute approximate surface area is 125 Å². The van der Waals surface area contributed by atoms with Gasteiger partial charge in [-0.1, -0.05) is 24.3 Å². The molecule has 112 valence electrons. The summed E-state index contributed by atoms with van der Waals surface area (Å²) in [6.45, 7) is 7.73. The highest BCUT2D eigenvalue weighted by Crippen LogP contribution is 2.20. The van der Waals surface area contributed by atoms with E-state index in [4.69, 9.17) is 0 Å². The van der Waals surface area contributed by atoms with E-state index in [2.05, 4.69) is 23.4 Å². The molecule has 0 aliphatic heterocycles. The molecule has 5 nitrogen and oxygen atoms in total. The highest BCUT2D eigenvalue weighted by atomic mass is 16.2. The minimum atomic E-state index is 0.0874. The van der Waals surface area contributed by atoms with E-state index in [1.165, 1.54) is 0 Å². The largest absolute Gasteiger partial charge is 0.342 e. The molecule has 0 atom stereocenters. The Morgan fingerprint density at radius 2 is 2.00 bits per heavy atom. The Balaban J connectivity index is 2.12. The van der Waals surface area contributed by atoms with E-state index in [1.807, 2.05) is 42.9 Å². The van der Waals surface area contributed by atoms with Crippen LogP contribution in [0.4, 0.5) is 0 Å². The molecule has 1 heterocycles. The molecule has 0 aliphatic carbocycles. The van der Waals surface area contributed by atoms with Gasteiger partial charge >= 0.3 is 0 Å². The fourth-order valence-electron chi connectivity index (χ4n) is 2.30. The van der Waals surface area contributed by atoms with E-state index in [0.717, 1.165) is 30.0 Å². The molecule has 0 radical (unpaired) electrons. The van der Waals surface area contributed by atoms with Crippen LogP contribution in [0.2, 0.25) is 0 Å². The van der Waals surface area contributed by atoms with E-state index in [-0.39, 0.29) is 12.5 Å². The SMILES string of the molecule is CCN(CC)C(=O)CNn1ccnc1-c1ccccc1C. The maximum Gasteiger partial charge on any atom is 0.243 e. The summed E-state index contributed by atoms with van der Waals surface area (Å²) in [4.78, 5) is 18.2. The number of amides is 1. The average Bonchev–Trinajstić information content (AvgIpc) is 2.95. The lowest BCUT2D eigenvalue weighted by atomic mass is 10.1. The van der Waals surface area contributed by atoms with Gasteiger partial charge in [0.05, 0.1) is 0 Å². The lowest BCUT2D eigenvalue weighted by Crippen LogP contribution is -2.37. The number of carbonyl (C=O) groups excluding carboxylic acids is 1.